The summed E-state index contributed by atoms with van der Waals surface area (Å²) in [7, 11) is 2.54. The van der Waals surface area contributed by atoms with Crippen LogP contribution in [0.3, 0.4) is 0 Å². The average Bonchev–Trinajstić information content (AvgIpc) is 2.93. The average molecular weight is 561 g/mol. The van der Waals surface area contributed by atoms with Crippen molar-refractivity contribution in [2.45, 2.75) is 32.0 Å². The highest BCUT2D eigenvalue weighted by Gasteiger charge is 2.37. The van der Waals surface area contributed by atoms with Gasteiger partial charge in [-0.05, 0) is 49.6 Å². The Labute approximate surface area is 227 Å². The van der Waals surface area contributed by atoms with Crippen molar-refractivity contribution in [2.24, 2.45) is 0 Å². The van der Waals surface area contributed by atoms with E-state index in [1.807, 2.05) is 0 Å². The summed E-state index contributed by atoms with van der Waals surface area (Å²) in [5, 5.41) is 5.75. The van der Waals surface area contributed by atoms with E-state index in [2.05, 4.69) is 20.6 Å². The number of halogens is 3. The van der Waals surface area contributed by atoms with Gasteiger partial charge < -0.3 is 29.6 Å². The molecule has 0 bridgehead atoms. The summed E-state index contributed by atoms with van der Waals surface area (Å²) >= 11 is 0. The van der Waals surface area contributed by atoms with Gasteiger partial charge in [-0.15, -0.1) is 0 Å². The van der Waals surface area contributed by atoms with E-state index < -0.39 is 23.6 Å². The molecule has 0 atom stereocenters. The first-order chi connectivity index (χ1) is 19.1. The molecule has 212 valence electrons. The van der Waals surface area contributed by atoms with Gasteiger partial charge in [-0.2, -0.15) is 18.2 Å². The van der Waals surface area contributed by atoms with Gasteiger partial charge in [0.15, 0.2) is 0 Å². The molecule has 1 aliphatic rings. The zero-order valence-corrected chi connectivity index (χ0v) is 21.9. The highest BCUT2D eigenvalue weighted by Crippen LogP contribution is 2.39. The Morgan fingerprint density at radius 3 is 2.50 bits per heavy atom. The van der Waals surface area contributed by atoms with E-state index in [9.17, 15) is 22.8 Å². The summed E-state index contributed by atoms with van der Waals surface area (Å²) in [5.74, 6) is -2.07. The van der Waals surface area contributed by atoms with E-state index in [0.29, 0.717) is 49.1 Å². The first kappa shape index (κ1) is 28.6. The number of anilines is 2. The molecule has 1 aliphatic heterocycles. The number of esters is 1. The highest BCUT2D eigenvalue weighted by molar-refractivity contribution is 5.95. The van der Waals surface area contributed by atoms with E-state index in [-0.39, 0.29) is 35.0 Å². The van der Waals surface area contributed by atoms with Gasteiger partial charge in [-0.25, -0.2) is 9.78 Å². The van der Waals surface area contributed by atoms with Gasteiger partial charge in [-0.1, -0.05) is 12.1 Å². The molecule has 3 aromatic rings. The number of hydrogen-bond acceptors (Lipinski definition) is 9. The van der Waals surface area contributed by atoms with Crippen molar-refractivity contribution in [2.75, 3.05) is 32.8 Å². The second-order valence-electron chi connectivity index (χ2n) is 8.85. The Hall–Kier alpha value is -4.39. The van der Waals surface area contributed by atoms with Crippen LogP contribution in [0.15, 0.2) is 42.6 Å². The number of aromatic nitrogens is 2. The van der Waals surface area contributed by atoms with Crippen molar-refractivity contribution in [3.05, 3.63) is 64.8 Å². The van der Waals surface area contributed by atoms with Crippen LogP contribution in [0.1, 0.15) is 44.7 Å². The molecule has 0 unspecified atom stereocenters. The van der Waals surface area contributed by atoms with E-state index in [1.165, 1.54) is 37.4 Å². The van der Waals surface area contributed by atoms with Gasteiger partial charge >= 0.3 is 12.1 Å². The lowest BCUT2D eigenvalue weighted by Gasteiger charge is -2.23. The van der Waals surface area contributed by atoms with Crippen LogP contribution in [0.2, 0.25) is 0 Å². The number of amides is 1. The fourth-order valence-electron chi connectivity index (χ4n) is 4.06. The SMILES string of the molecule is COC(=O)c1c(C)cccc1Oc1nc(Nc2ccc(C(=O)NC3CCOCC3)cc2OC)ncc1C(F)(F)F. The van der Waals surface area contributed by atoms with Crippen LogP contribution in [0.4, 0.5) is 24.8 Å². The highest BCUT2D eigenvalue weighted by atomic mass is 19.4. The predicted octanol–water partition coefficient (Wildman–Crippen LogP) is 5.04. The lowest BCUT2D eigenvalue weighted by atomic mass is 10.1. The number of nitrogens with zero attached hydrogens (tertiary/aromatic N) is 2. The summed E-state index contributed by atoms with van der Waals surface area (Å²) in [5.41, 5.74) is -0.219. The molecule has 0 aliphatic carbocycles. The van der Waals surface area contributed by atoms with Crippen LogP contribution in [0, 0.1) is 6.92 Å². The van der Waals surface area contributed by atoms with Crippen LogP contribution in [-0.2, 0) is 15.7 Å². The predicted molar refractivity (Wildman–Crippen MR) is 137 cm³/mol. The third kappa shape index (κ3) is 6.60. The van der Waals surface area contributed by atoms with Crippen LogP contribution in [0.25, 0.3) is 0 Å². The van der Waals surface area contributed by atoms with E-state index in [0.717, 1.165) is 7.11 Å². The molecule has 10 nitrogen and oxygen atoms in total. The first-order valence-electron chi connectivity index (χ1n) is 12.2. The molecule has 1 fully saturated rings. The summed E-state index contributed by atoms with van der Waals surface area (Å²) in [6.45, 7) is 2.74. The second-order valence-corrected chi connectivity index (χ2v) is 8.85. The number of carbonyl (C=O) groups is 2. The summed E-state index contributed by atoms with van der Waals surface area (Å²) in [6.07, 6.45) is -2.86. The standard InChI is InChI=1S/C27H27F3N4O6/c1-15-5-4-6-20(22(15)25(36)38-3)40-24-18(27(28,29)30)14-31-26(34-24)33-19-8-7-16(13-21(19)37-2)23(35)32-17-9-11-39-12-10-17/h4-8,13-14,17H,9-12H2,1-3H3,(H,32,35)(H,31,33,34). The maximum absolute atomic E-state index is 13.8. The van der Waals surface area contributed by atoms with Crippen LogP contribution >= 0.6 is 0 Å². The van der Waals surface area contributed by atoms with Crippen molar-refractivity contribution >= 4 is 23.5 Å². The number of aryl methyl sites for hydroxylation is 1. The fraction of sp³-hybridized carbons (Fsp3) is 0.333. The molecule has 1 saturated heterocycles. The fourth-order valence-corrected chi connectivity index (χ4v) is 4.06. The molecule has 13 heteroatoms. The minimum Gasteiger partial charge on any atom is -0.495 e. The quantitative estimate of drug-likeness (QED) is 0.365. The van der Waals surface area contributed by atoms with E-state index >= 15 is 0 Å². The number of benzene rings is 2. The molecule has 0 radical (unpaired) electrons. The van der Waals surface area contributed by atoms with Crippen molar-refractivity contribution in [1.82, 2.24) is 15.3 Å². The number of nitrogens with one attached hydrogen (secondary N) is 2. The summed E-state index contributed by atoms with van der Waals surface area (Å²) in [6, 6.07) is 9.00. The monoisotopic (exact) mass is 560 g/mol. The number of carbonyl (C=O) groups excluding carboxylic acids is 2. The molecule has 0 saturated carbocycles. The normalized spacial score (nSPS) is 13.8. The lowest BCUT2D eigenvalue weighted by Crippen LogP contribution is -2.38. The van der Waals surface area contributed by atoms with Crippen molar-refractivity contribution < 1.29 is 41.7 Å². The summed E-state index contributed by atoms with van der Waals surface area (Å²) in [4.78, 5) is 32.7. The smallest absolute Gasteiger partial charge is 0.423 e. The lowest BCUT2D eigenvalue weighted by molar-refractivity contribution is -0.139. The summed E-state index contributed by atoms with van der Waals surface area (Å²) < 4.78 is 62.3. The van der Waals surface area contributed by atoms with Crippen LogP contribution in [-0.4, -0.2) is 55.3 Å². The molecule has 0 spiro atoms. The number of rotatable bonds is 8. The molecule has 2 N–H and O–H groups in total. The Bertz CT molecular complexity index is 1390. The number of methoxy groups -OCH3 is 2. The van der Waals surface area contributed by atoms with Crippen molar-refractivity contribution in [3.63, 3.8) is 0 Å². The Morgan fingerprint density at radius 1 is 1.07 bits per heavy atom. The van der Waals surface area contributed by atoms with E-state index in [1.54, 1.807) is 13.0 Å². The molecular formula is C27H27F3N4O6. The van der Waals surface area contributed by atoms with Gasteiger partial charge in [0.1, 0.15) is 22.6 Å². The molecule has 40 heavy (non-hydrogen) atoms. The largest absolute Gasteiger partial charge is 0.495 e. The third-order valence-electron chi connectivity index (χ3n) is 6.16. The third-order valence-corrected chi connectivity index (χ3v) is 6.16. The Kier molecular flexibility index (Phi) is 8.73. The maximum Gasteiger partial charge on any atom is 0.423 e. The maximum atomic E-state index is 13.8. The van der Waals surface area contributed by atoms with Gasteiger partial charge in [-0.3, -0.25) is 4.79 Å². The molecular weight excluding hydrogens is 533 g/mol. The number of ether oxygens (including phenoxy) is 4. The van der Waals surface area contributed by atoms with Gasteiger partial charge in [0.05, 0.1) is 19.9 Å². The Balaban J connectivity index is 1.62. The zero-order valence-electron chi connectivity index (χ0n) is 21.9. The second kappa shape index (κ2) is 12.2. The van der Waals surface area contributed by atoms with E-state index in [4.69, 9.17) is 18.9 Å². The van der Waals surface area contributed by atoms with Gasteiger partial charge in [0.2, 0.25) is 11.8 Å². The zero-order chi connectivity index (χ0) is 28.9. The van der Waals surface area contributed by atoms with Crippen molar-refractivity contribution in [1.29, 1.82) is 0 Å². The number of alkyl halides is 3. The molecule has 2 heterocycles. The molecule has 2 aromatic carbocycles. The van der Waals surface area contributed by atoms with Gasteiger partial charge in [0, 0.05) is 31.0 Å². The number of hydrogen-bond donors (Lipinski definition) is 2. The molecule has 1 aromatic heterocycles. The molecule has 1 amide bonds. The topological polar surface area (TPSA) is 121 Å². The minimum absolute atomic E-state index is 0.00267. The minimum atomic E-state index is -4.85. The van der Waals surface area contributed by atoms with Crippen molar-refractivity contribution in [3.8, 4) is 17.4 Å². The first-order valence-corrected chi connectivity index (χ1v) is 12.2. The van der Waals surface area contributed by atoms with Crippen LogP contribution in [0.5, 0.6) is 17.4 Å². The molecule has 4 rings (SSSR count). The van der Waals surface area contributed by atoms with Crippen LogP contribution < -0.4 is 20.1 Å². The Morgan fingerprint density at radius 2 is 1.82 bits per heavy atom. The van der Waals surface area contributed by atoms with Gasteiger partial charge in [0.25, 0.3) is 5.91 Å².